The number of benzene rings is 7. The van der Waals surface area contributed by atoms with Gasteiger partial charge >= 0.3 is 0 Å². The van der Waals surface area contributed by atoms with Crippen molar-refractivity contribution in [3.05, 3.63) is 199 Å². The van der Waals surface area contributed by atoms with Crippen molar-refractivity contribution in [1.82, 2.24) is 0 Å². The van der Waals surface area contributed by atoms with Gasteiger partial charge in [0, 0.05) is 34.1 Å². The van der Waals surface area contributed by atoms with Gasteiger partial charge in [-0.2, -0.15) is 5.26 Å². The van der Waals surface area contributed by atoms with Crippen LogP contribution in [0.15, 0.2) is 182 Å². The summed E-state index contributed by atoms with van der Waals surface area (Å²) >= 11 is 0. The van der Waals surface area contributed by atoms with E-state index in [9.17, 15) is 5.26 Å². The Morgan fingerprint density at radius 1 is 0.327 bits per heavy atom. The zero-order valence-corrected chi connectivity index (χ0v) is 26.4. The molecule has 6 heteroatoms. The number of hydrogen-bond acceptors (Lipinski definition) is 4. The monoisotopic (exact) mass is 640 g/mol. The van der Waals surface area contributed by atoms with E-state index in [0.717, 1.165) is 0 Å². The summed E-state index contributed by atoms with van der Waals surface area (Å²) in [5, 5.41) is 11.0. The van der Waals surface area contributed by atoms with Crippen LogP contribution in [0.5, 0.6) is 0 Å². The molecular formula is C43H30F2N4. The van der Waals surface area contributed by atoms with E-state index in [4.69, 9.17) is 0 Å². The highest BCUT2D eigenvalue weighted by Gasteiger charge is 2.36. The summed E-state index contributed by atoms with van der Waals surface area (Å²) in [6, 6.07) is 57.5. The molecule has 49 heavy (non-hydrogen) atoms. The van der Waals surface area contributed by atoms with Crippen molar-refractivity contribution in [2.45, 2.75) is 0 Å². The Bertz CT molecular complexity index is 1960. The number of nitriles is 1. The molecule has 0 spiro atoms. The van der Waals surface area contributed by atoms with Gasteiger partial charge in [0.2, 0.25) is 0 Å². The van der Waals surface area contributed by atoms with Crippen molar-refractivity contribution in [2.24, 2.45) is 0 Å². The Labute approximate surface area is 284 Å². The molecule has 0 N–H and O–H groups in total. The Kier molecular flexibility index (Phi) is 8.81. The lowest BCUT2D eigenvalue weighted by Gasteiger charge is -2.35. The van der Waals surface area contributed by atoms with Crippen molar-refractivity contribution in [3.63, 3.8) is 0 Å². The van der Waals surface area contributed by atoms with Crippen molar-refractivity contribution in [1.29, 1.82) is 5.26 Å². The molecule has 7 rings (SSSR count). The van der Waals surface area contributed by atoms with E-state index in [-0.39, 0.29) is 22.6 Å². The van der Waals surface area contributed by atoms with Gasteiger partial charge in [-0.1, -0.05) is 109 Å². The highest BCUT2D eigenvalue weighted by Crippen LogP contribution is 2.52. The minimum Gasteiger partial charge on any atom is -0.306 e. The molecule has 7 aromatic rings. The SMILES string of the molecule is N#Cc1c(N(c2ccccc2)c2ccccc2)c(F)c(N(c2ccccc2)c2ccccc2)c(F)c1N(c1ccccc1)c1ccccc1. The molecule has 0 atom stereocenters. The van der Waals surface area contributed by atoms with E-state index < -0.39 is 11.6 Å². The predicted octanol–water partition coefficient (Wildman–Crippen LogP) is 12.2. The van der Waals surface area contributed by atoms with Gasteiger partial charge in [0.1, 0.15) is 28.7 Å². The minimum absolute atomic E-state index is 0.0833. The fourth-order valence-corrected chi connectivity index (χ4v) is 6.06. The average Bonchev–Trinajstić information content (AvgIpc) is 3.17. The molecule has 0 fully saturated rings. The molecule has 0 amide bonds. The molecule has 7 aromatic carbocycles. The average molecular weight is 641 g/mol. The van der Waals surface area contributed by atoms with E-state index in [2.05, 4.69) is 6.07 Å². The van der Waals surface area contributed by atoms with E-state index in [0.29, 0.717) is 34.1 Å². The van der Waals surface area contributed by atoms with E-state index in [1.807, 2.05) is 182 Å². The van der Waals surface area contributed by atoms with Gasteiger partial charge in [0.25, 0.3) is 0 Å². The van der Waals surface area contributed by atoms with Crippen LogP contribution in [0.4, 0.5) is 60.0 Å². The van der Waals surface area contributed by atoms with Crippen LogP contribution in [0, 0.1) is 23.0 Å². The van der Waals surface area contributed by atoms with Crippen LogP contribution in [-0.4, -0.2) is 0 Å². The van der Waals surface area contributed by atoms with Gasteiger partial charge in [-0.3, -0.25) is 0 Å². The Morgan fingerprint density at radius 2 is 0.531 bits per heavy atom. The molecule has 0 aliphatic heterocycles. The van der Waals surface area contributed by atoms with Gasteiger partial charge in [0.15, 0.2) is 11.6 Å². The lowest BCUT2D eigenvalue weighted by atomic mass is 10.0. The zero-order chi connectivity index (χ0) is 33.6. The maximum Gasteiger partial charge on any atom is 0.175 e. The second-order valence-electron chi connectivity index (χ2n) is 11.2. The minimum atomic E-state index is -0.890. The normalized spacial score (nSPS) is 10.6. The molecule has 0 unspecified atom stereocenters. The summed E-state index contributed by atoms with van der Waals surface area (Å²) in [4.78, 5) is 4.94. The number of hydrogen-bond donors (Lipinski definition) is 0. The molecule has 0 aliphatic carbocycles. The fraction of sp³-hybridized carbons (Fsp3) is 0. The predicted molar refractivity (Wildman–Crippen MR) is 195 cm³/mol. The first-order chi connectivity index (χ1) is 24.2. The van der Waals surface area contributed by atoms with E-state index in [1.54, 1.807) is 14.7 Å². The highest BCUT2D eigenvalue weighted by atomic mass is 19.1. The van der Waals surface area contributed by atoms with Gasteiger partial charge in [0.05, 0.1) is 0 Å². The summed E-state index contributed by atoms with van der Waals surface area (Å²) in [5.41, 5.74) is 2.84. The molecule has 236 valence electrons. The van der Waals surface area contributed by atoms with Crippen LogP contribution in [0.25, 0.3) is 0 Å². The molecule has 0 saturated heterocycles. The van der Waals surface area contributed by atoms with E-state index >= 15 is 8.78 Å². The number of rotatable bonds is 9. The fourth-order valence-electron chi connectivity index (χ4n) is 6.06. The molecule has 0 bridgehead atoms. The lowest BCUT2D eigenvalue weighted by Crippen LogP contribution is -2.23. The quantitative estimate of drug-likeness (QED) is 0.157. The molecule has 0 heterocycles. The molecule has 0 aliphatic rings. The number of anilines is 9. The van der Waals surface area contributed by atoms with Crippen molar-refractivity contribution in [2.75, 3.05) is 14.7 Å². The number of halogens is 2. The lowest BCUT2D eigenvalue weighted by molar-refractivity contribution is 0.586. The third-order valence-electron chi connectivity index (χ3n) is 8.17. The van der Waals surface area contributed by atoms with Crippen LogP contribution in [0.2, 0.25) is 0 Å². The highest BCUT2D eigenvalue weighted by molar-refractivity contribution is 5.94. The summed E-state index contributed by atoms with van der Waals surface area (Å²) in [6.45, 7) is 0. The molecule has 0 aromatic heterocycles. The van der Waals surface area contributed by atoms with Crippen molar-refractivity contribution in [3.8, 4) is 6.07 Å². The van der Waals surface area contributed by atoms with Gasteiger partial charge in [-0.25, -0.2) is 8.78 Å². The molecule has 0 saturated carbocycles. The molecular weight excluding hydrogens is 610 g/mol. The van der Waals surface area contributed by atoms with Crippen LogP contribution >= 0.6 is 0 Å². The number of para-hydroxylation sites is 6. The van der Waals surface area contributed by atoms with Crippen molar-refractivity contribution >= 4 is 51.2 Å². The smallest absolute Gasteiger partial charge is 0.175 e. The maximum atomic E-state index is 18.0. The maximum absolute atomic E-state index is 18.0. The molecule has 4 nitrogen and oxygen atoms in total. The summed E-state index contributed by atoms with van der Waals surface area (Å²) in [5.74, 6) is -1.78. The Morgan fingerprint density at radius 3 is 0.735 bits per heavy atom. The Balaban J connectivity index is 1.66. The second kappa shape index (κ2) is 14.0. The van der Waals surface area contributed by atoms with Gasteiger partial charge in [-0.05, 0) is 72.8 Å². The first kappa shape index (κ1) is 30.9. The largest absolute Gasteiger partial charge is 0.306 e. The first-order valence-electron chi connectivity index (χ1n) is 15.8. The van der Waals surface area contributed by atoms with Crippen molar-refractivity contribution < 1.29 is 8.78 Å². The van der Waals surface area contributed by atoms with Crippen LogP contribution in [0.1, 0.15) is 5.56 Å². The van der Waals surface area contributed by atoms with Gasteiger partial charge in [-0.15, -0.1) is 0 Å². The van der Waals surface area contributed by atoms with E-state index in [1.165, 1.54) is 0 Å². The summed E-state index contributed by atoms with van der Waals surface area (Å²) < 4.78 is 36.0. The molecule has 0 radical (unpaired) electrons. The van der Waals surface area contributed by atoms with Gasteiger partial charge < -0.3 is 14.7 Å². The van der Waals surface area contributed by atoms with Crippen LogP contribution in [-0.2, 0) is 0 Å². The Hall–Kier alpha value is -6.71. The standard InChI is InChI=1S/C43H30F2N4/c44-39-41(47(32-19-7-1-8-20-32)33-21-9-2-10-22-33)38(31-46)42(48(34-23-11-3-12-24-34)35-25-13-4-14-26-35)40(45)43(39)49(36-27-15-5-16-28-36)37-29-17-6-18-30-37/h1-30H. The van der Waals surface area contributed by atoms with Crippen LogP contribution < -0.4 is 14.7 Å². The summed E-state index contributed by atoms with van der Waals surface area (Å²) in [7, 11) is 0. The third-order valence-corrected chi connectivity index (χ3v) is 8.17. The first-order valence-corrected chi connectivity index (χ1v) is 15.8. The summed E-state index contributed by atoms with van der Waals surface area (Å²) in [6.07, 6.45) is 0. The number of nitrogens with zero attached hydrogens (tertiary/aromatic N) is 4. The van der Waals surface area contributed by atoms with Crippen LogP contribution in [0.3, 0.4) is 0 Å². The third kappa shape index (κ3) is 5.97. The second-order valence-corrected chi connectivity index (χ2v) is 11.2. The topological polar surface area (TPSA) is 33.5 Å². The zero-order valence-electron chi connectivity index (χ0n) is 26.4.